The van der Waals surface area contributed by atoms with Gasteiger partial charge >= 0.3 is 0 Å². The molecule has 0 fully saturated rings. The van der Waals surface area contributed by atoms with Crippen LogP contribution in [-0.2, 0) is 23.0 Å². The van der Waals surface area contributed by atoms with E-state index in [2.05, 4.69) is 33.8 Å². The van der Waals surface area contributed by atoms with E-state index in [1.54, 1.807) is 17.0 Å². The predicted molar refractivity (Wildman–Crippen MR) is 112 cm³/mol. The molecule has 6 nitrogen and oxygen atoms in total. The topological polar surface area (TPSA) is 82.3 Å². The Labute approximate surface area is 170 Å². The molecular weight excluding hydrogens is 386 g/mol. The number of benzene rings is 2. The molecule has 2 N–H and O–H groups in total. The minimum Gasteiger partial charge on any atom is -0.358 e. The molecule has 2 aromatic carbocycles. The Morgan fingerprint density at radius 1 is 1.28 bits per heavy atom. The van der Waals surface area contributed by atoms with E-state index in [4.69, 9.17) is 6.42 Å². The molecule has 4 rings (SSSR count). The van der Waals surface area contributed by atoms with Gasteiger partial charge < -0.3 is 9.88 Å². The average Bonchev–Trinajstić information content (AvgIpc) is 3.09. The van der Waals surface area contributed by atoms with Gasteiger partial charge in [0.15, 0.2) is 0 Å². The molecule has 1 aromatic heterocycles. The first kappa shape index (κ1) is 19.2. The van der Waals surface area contributed by atoms with Crippen molar-refractivity contribution in [1.82, 2.24) is 14.6 Å². The normalized spacial score (nSPS) is 13.9. The molecule has 1 aliphatic heterocycles. The second-order valence-corrected chi connectivity index (χ2v) is 8.93. The summed E-state index contributed by atoms with van der Waals surface area (Å²) in [5.74, 6) is 2.05. The Bertz CT molecular complexity index is 1250. The van der Waals surface area contributed by atoms with Crippen LogP contribution in [0.15, 0.2) is 47.4 Å². The van der Waals surface area contributed by atoms with Gasteiger partial charge in [-0.1, -0.05) is 23.6 Å². The van der Waals surface area contributed by atoms with Crippen LogP contribution in [0.1, 0.15) is 27.2 Å². The smallest absolute Gasteiger partial charge is 0.254 e. The Kier molecular flexibility index (Phi) is 4.91. The van der Waals surface area contributed by atoms with Gasteiger partial charge in [0.2, 0.25) is 10.0 Å². The number of carbonyl (C=O) groups is 1. The van der Waals surface area contributed by atoms with Gasteiger partial charge in [0.05, 0.1) is 11.4 Å². The first-order valence-corrected chi connectivity index (χ1v) is 10.8. The molecule has 148 valence electrons. The fraction of sp³-hybridized carbons (Fsp3) is 0.227. The Morgan fingerprint density at radius 2 is 2.10 bits per heavy atom. The van der Waals surface area contributed by atoms with Crippen molar-refractivity contribution in [1.29, 1.82) is 0 Å². The highest BCUT2D eigenvalue weighted by Gasteiger charge is 2.25. The van der Waals surface area contributed by atoms with E-state index in [-0.39, 0.29) is 17.3 Å². The number of aromatic nitrogens is 1. The Morgan fingerprint density at radius 3 is 2.90 bits per heavy atom. The lowest BCUT2D eigenvalue weighted by atomic mass is 10.0. The van der Waals surface area contributed by atoms with Crippen LogP contribution in [-0.4, -0.2) is 37.3 Å². The van der Waals surface area contributed by atoms with Crippen molar-refractivity contribution in [2.75, 3.05) is 13.1 Å². The number of sulfonamides is 1. The highest BCUT2D eigenvalue weighted by molar-refractivity contribution is 7.89. The van der Waals surface area contributed by atoms with Crippen molar-refractivity contribution < 1.29 is 13.2 Å². The largest absolute Gasteiger partial charge is 0.358 e. The monoisotopic (exact) mass is 407 g/mol. The molecule has 0 atom stereocenters. The lowest BCUT2D eigenvalue weighted by molar-refractivity contribution is 0.0735. The van der Waals surface area contributed by atoms with Crippen molar-refractivity contribution in [3.05, 3.63) is 64.8 Å². The third-order valence-electron chi connectivity index (χ3n) is 5.17. The number of hydrogen-bond acceptors (Lipinski definition) is 3. The van der Waals surface area contributed by atoms with E-state index in [9.17, 15) is 13.2 Å². The first-order chi connectivity index (χ1) is 13.9. The van der Waals surface area contributed by atoms with E-state index >= 15 is 0 Å². The van der Waals surface area contributed by atoms with Crippen molar-refractivity contribution in [2.24, 2.45) is 0 Å². The number of amides is 1. The Hall–Kier alpha value is -3.08. The quantitative estimate of drug-likeness (QED) is 0.652. The summed E-state index contributed by atoms with van der Waals surface area (Å²) in [5.41, 5.74) is 4.86. The zero-order valence-electron chi connectivity index (χ0n) is 16.0. The molecule has 0 saturated carbocycles. The van der Waals surface area contributed by atoms with Gasteiger partial charge in [-0.3, -0.25) is 4.79 Å². The fourth-order valence-electron chi connectivity index (χ4n) is 3.70. The number of carbonyl (C=O) groups excluding carboxylic acids is 1. The van der Waals surface area contributed by atoms with Crippen molar-refractivity contribution in [2.45, 2.75) is 24.8 Å². The minimum absolute atomic E-state index is 0.0269. The van der Waals surface area contributed by atoms with Crippen molar-refractivity contribution in [3.63, 3.8) is 0 Å². The summed E-state index contributed by atoms with van der Waals surface area (Å²) in [7, 11) is -3.75. The Balaban J connectivity index is 1.62. The van der Waals surface area contributed by atoms with Crippen molar-refractivity contribution >= 4 is 26.8 Å². The van der Waals surface area contributed by atoms with E-state index in [0.717, 1.165) is 28.6 Å². The molecule has 1 aliphatic rings. The average molecular weight is 407 g/mol. The molecule has 0 radical (unpaired) electrons. The van der Waals surface area contributed by atoms with Crippen LogP contribution in [0.4, 0.5) is 0 Å². The van der Waals surface area contributed by atoms with E-state index in [1.807, 2.05) is 6.92 Å². The summed E-state index contributed by atoms with van der Waals surface area (Å²) in [5, 5.41) is 1.13. The lowest BCUT2D eigenvalue weighted by Crippen LogP contribution is -2.36. The molecule has 29 heavy (non-hydrogen) atoms. The third-order valence-corrected chi connectivity index (χ3v) is 6.57. The zero-order chi connectivity index (χ0) is 20.6. The zero-order valence-corrected chi connectivity index (χ0v) is 16.8. The molecule has 0 bridgehead atoms. The van der Waals surface area contributed by atoms with Crippen molar-refractivity contribution in [3.8, 4) is 12.3 Å². The van der Waals surface area contributed by atoms with Gasteiger partial charge in [-0.25, -0.2) is 8.42 Å². The molecule has 0 unspecified atom stereocenters. The molecule has 3 aromatic rings. The number of rotatable bonds is 4. The second-order valence-electron chi connectivity index (χ2n) is 7.16. The minimum atomic E-state index is -3.75. The number of aryl methyl sites for hydroxylation is 1. The summed E-state index contributed by atoms with van der Waals surface area (Å²) < 4.78 is 26.9. The van der Waals surface area contributed by atoms with Crippen LogP contribution in [0.5, 0.6) is 0 Å². The molecule has 0 aliphatic carbocycles. The maximum atomic E-state index is 13.1. The number of nitrogens with zero attached hydrogens (tertiary/aromatic N) is 1. The number of terminal acetylenes is 1. The molecule has 0 spiro atoms. The molecule has 7 heteroatoms. The van der Waals surface area contributed by atoms with Crippen LogP contribution in [0.2, 0.25) is 0 Å². The molecule has 1 amide bonds. The summed E-state index contributed by atoms with van der Waals surface area (Å²) >= 11 is 0. The maximum absolute atomic E-state index is 13.1. The third kappa shape index (κ3) is 3.65. The molecule has 0 saturated heterocycles. The first-order valence-electron chi connectivity index (χ1n) is 9.31. The van der Waals surface area contributed by atoms with Gasteiger partial charge in [-0.05, 0) is 37.3 Å². The summed E-state index contributed by atoms with van der Waals surface area (Å²) in [4.78, 5) is 18.3. The fourth-order valence-corrected chi connectivity index (χ4v) is 4.68. The van der Waals surface area contributed by atoms with Crippen LogP contribution in [0.25, 0.3) is 10.9 Å². The van der Waals surface area contributed by atoms with Gasteiger partial charge in [-0.15, -0.1) is 6.42 Å². The van der Waals surface area contributed by atoms with E-state index < -0.39 is 10.0 Å². The van der Waals surface area contributed by atoms with E-state index in [1.165, 1.54) is 17.7 Å². The van der Waals surface area contributed by atoms with Crippen LogP contribution < -0.4 is 4.72 Å². The van der Waals surface area contributed by atoms with Gasteiger partial charge in [-0.2, -0.15) is 4.72 Å². The van der Waals surface area contributed by atoms with Gasteiger partial charge in [0.25, 0.3) is 5.91 Å². The number of H-pyrrole nitrogens is 1. The van der Waals surface area contributed by atoms with Gasteiger partial charge in [0, 0.05) is 47.2 Å². The lowest BCUT2D eigenvalue weighted by Gasteiger charge is -2.27. The number of hydrogen-bond donors (Lipinski definition) is 2. The summed E-state index contributed by atoms with van der Waals surface area (Å²) in [6.45, 7) is 3.01. The predicted octanol–water partition coefficient (Wildman–Crippen LogP) is 2.59. The molecular formula is C22H21N3O3S. The van der Waals surface area contributed by atoms with Crippen LogP contribution in [0.3, 0.4) is 0 Å². The number of fused-ring (bicyclic) bond motifs is 3. The number of nitrogens with one attached hydrogen (secondary N) is 2. The summed E-state index contributed by atoms with van der Waals surface area (Å²) in [6.07, 6.45) is 5.86. The van der Waals surface area contributed by atoms with Crippen LogP contribution >= 0.6 is 0 Å². The second kappa shape index (κ2) is 7.39. The highest BCUT2D eigenvalue weighted by Crippen LogP contribution is 2.29. The van der Waals surface area contributed by atoms with Gasteiger partial charge in [0.1, 0.15) is 0 Å². The highest BCUT2D eigenvalue weighted by atomic mass is 32.2. The number of aromatic amines is 1. The standard InChI is InChI=1S/C22H21N3O3S/c1-3-10-23-29(27,28)17-6-4-5-16(13-17)22(26)25-11-9-21-19(14-25)18-12-15(2)7-8-20(18)24-21/h1,4-8,12-13,23-24H,9-11,14H2,2H3. The SMILES string of the molecule is C#CCNS(=O)(=O)c1cccc(C(=O)N2CCc3[nH]c4ccc(C)cc4c3C2)c1. The van der Waals surface area contributed by atoms with Crippen LogP contribution in [0, 0.1) is 19.3 Å². The van der Waals surface area contributed by atoms with E-state index in [0.29, 0.717) is 18.7 Å². The molecule has 2 heterocycles. The summed E-state index contributed by atoms with van der Waals surface area (Å²) in [6, 6.07) is 12.3. The maximum Gasteiger partial charge on any atom is 0.254 e.